The lowest BCUT2D eigenvalue weighted by Crippen LogP contribution is -2.28. The molecule has 2 unspecified atom stereocenters. The predicted molar refractivity (Wildman–Crippen MR) is 84.2 cm³/mol. The number of hydrogen-bond acceptors (Lipinski definition) is 5. The lowest BCUT2D eigenvalue weighted by atomic mass is 10.1. The van der Waals surface area contributed by atoms with Crippen LogP contribution in [-0.4, -0.2) is 38.3 Å². The maximum absolute atomic E-state index is 6.14. The first kappa shape index (κ1) is 13.9. The van der Waals surface area contributed by atoms with Gasteiger partial charge in [-0.15, -0.1) is 0 Å². The van der Waals surface area contributed by atoms with Crippen molar-refractivity contribution >= 4 is 16.6 Å². The van der Waals surface area contributed by atoms with Gasteiger partial charge < -0.3 is 20.1 Å². The van der Waals surface area contributed by atoms with Crippen LogP contribution in [0.3, 0.4) is 0 Å². The summed E-state index contributed by atoms with van der Waals surface area (Å²) < 4.78 is 10.8. The van der Waals surface area contributed by atoms with Crippen LogP contribution in [-0.2, 0) is 0 Å². The summed E-state index contributed by atoms with van der Waals surface area (Å²) in [4.78, 5) is 6.82. The Balaban J connectivity index is 2.11. The van der Waals surface area contributed by atoms with Crippen LogP contribution in [0.25, 0.3) is 10.8 Å². The van der Waals surface area contributed by atoms with E-state index < -0.39 is 0 Å². The van der Waals surface area contributed by atoms with Crippen LogP contribution in [0, 0.1) is 5.92 Å². The fourth-order valence-electron chi connectivity index (χ4n) is 2.90. The SMILES string of the molecule is COc1cc2ccnc(N3CC(C)C(N)C3)c2cc1OC. The average Bonchev–Trinajstić information content (AvgIpc) is 2.84. The van der Waals surface area contributed by atoms with Crippen LogP contribution in [0.4, 0.5) is 5.82 Å². The molecule has 5 heteroatoms. The molecule has 1 fully saturated rings. The first-order valence-corrected chi connectivity index (χ1v) is 7.15. The molecule has 0 radical (unpaired) electrons. The van der Waals surface area contributed by atoms with Gasteiger partial charge in [0.25, 0.3) is 0 Å². The van der Waals surface area contributed by atoms with E-state index in [2.05, 4.69) is 16.8 Å². The van der Waals surface area contributed by atoms with E-state index in [-0.39, 0.29) is 6.04 Å². The number of nitrogens with zero attached hydrogens (tertiary/aromatic N) is 2. The van der Waals surface area contributed by atoms with Crippen LogP contribution in [0.1, 0.15) is 6.92 Å². The minimum atomic E-state index is 0.196. The fourth-order valence-corrected chi connectivity index (χ4v) is 2.90. The maximum atomic E-state index is 6.14. The van der Waals surface area contributed by atoms with E-state index in [1.54, 1.807) is 14.2 Å². The largest absolute Gasteiger partial charge is 0.493 e. The summed E-state index contributed by atoms with van der Waals surface area (Å²) >= 11 is 0. The molecule has 21 heavy (non-hydrogen) atoms. The highest BCUT2D eigenvalue weighted by Crippen LogP contribution is 2.36. The van der Waals surface area contributed by atoms with Crippen LogP contribution in [0.2, 0.25) is 0 Å². The van der Waals surface area contributed by atoms with Crippen molar-refractivity contribution in [1.82, 2.24) is 4.98 Å². The van der Waals surface area contributed by atoms with E-state index in [1.807, 2.05) is 24.4 Å². The van der Waals surface area contributed by atoms with E-state index in [0.717, 1.165) is 41.2 Å². The molecule has 1 aromatic heterocycles. The van der Waals surface area contributed by atoms with Gasteiger partial charge >= 0.3 is 0 Å². The molecule has 2 N–H and O–H groups in total. The highest BCUT2D eigenvalue weighted by atomic mass is 16.5. The highest BCUT2D eigenvalue weighted by molar-refractivity contribution is 5.94. The zero-order valence-electron chi connectivity index (χ0n) is 12.7. The summed E-state index contributed by atoms with van der Waals surface area (Å²) in [6.45, 7) is 3.95. The van der Waals surface area contributed by atoms with Gasteiger partial charge in [-0.1, -0.05) is 6.92 Å². The second-order valence-corrected chi connectivity index (χ2v) is 5.61. The fraction of sp³-hybridized carbons (Fsp3) is 0.438. The standard InChI is InChI=1S/C16H21N3O2/c1-10-8-19(9-13(10)17)16-12-7-15(21-3)14(20-2)6-11(12)4-5-18-16/h4-7,10,13H,8-9,17H2,1-3H3. The van der Waals surface area contributed by atoms with E-state index in [4.69, 9.17) is 15.2 Å². The molecule has 1 aliphatic rings. The molecule has 112 valence electrons. The molecule has 0 amide bonds. The van der Waals surface area contributed by atoms with Crippen molar-refractivity contribution in [3.8, 4) is 11.5 Å². The Kier molecular flexibility index (Phi) is 3.59. The number of methoxy groups -OCH3 is 2. The molecule has 0 bridgehead atoms. The molecule has 3 rings (SSSR count). The Bertz CT molecular complexity index is 649. The quantitative estimate of drug-likeness (QED) is 0.936. The Morgan fingerprint density at radius 1 is 1.19 bits per heavy atom. The van der Waals surface area contributed by atoms with E-state index >= 15 is 0 Å². The van der Waals surface area contributed by atoms with Crippen molar-refractivity contribution in [1.29, 1.82) is 0 Å². The van der Waals surface area contributed by atoms with Gasteiger partial charge in [-0.05, 0) is 29.5 Å². The molecule has 0 aliphatic carbocycles. The number of aromatic nitrogens is 1. The van der Waals surface area contributed by atoms with Crippen molar-refractivity contribution in [3.63, 3.8) is 0 Å². The number of anilines is 1. The lowest BCUT2D eigenvalue weighted by molar-refractivity contribution is 0.356. The molecule has 0 spiro atoms. The summed E-state index contributed by atoms with van der Waals surface area (Å²) in [5.41, 5.74) is 6.14. The number of nitrogens with two attached hydrogens (primary N) is 1. The number of benzene rings is 1. The molecule has 5 nitrogen and oxygen atoms in total. The normalized spacial score (nSPS) is 21.8. The van der Waals surface area contributed by atoms with Gasteiger partial charge in [-0.25, -0.2) is 4.98 Å². The van der Waals surface area contributed by atoms with Gasteiger partial charge in [0.1, 0.15) is 5.82 Å². The van der Waals surface area contributed by atoms with Crippen molar-refractivity contribution in [2.75, 3.05) is 32.2 Å². The van der Waals surface area contributed by atoms with Crippen molar-refractivity contribution in [3.05, 3.63) is 24.4 Å². The van der Waals surface area contributed by atoms with E-state index in [0.29, 0.717) is 5.92 Å². The summed E-state index contributed by atoms with van der Waals surface area (Å²) in [5, 5.41) is 2.15. The molecular weight excluding hydrogens is 266 g/mol. The van der Waals surface area contributed by atoms with E-state index in [9.17, 15) is 0 Å². The topological polar surface area (TPSA) is 60.6 Å². The van der Waals surface area contributed by atoms with Crippen molar-refractivity contribution in [2.24, 2.45) is 11.7 Å². The summed E-state index contributed by atoms with van der Waals surface area (Å²) in [7, 11) is 3.29. The van der Waals surface area contributed by atoms with Gasteiger partial charge in [-0.2, -0.15) is 0 Å². The zero-order valence-corrected chi connectivity index (χ0v) is 12.7. The first-order chi connectivity index (χ1) is 10.1. The number of rotatable bonds is 3. The number of hydrogen-bond donors (Lipinski definition) is 1. The van der Waals surface area contributed by atoms with Crippen LogP contribution in [0.5, 0.6) is 11.5 Å². The number of pyridine rings is 1. The van der Waals surface area contributed by atoms with Gasteiger partial charge in [0.05, 0.1) is 14.2 Å². The number of ether oxygens (including phenoxy) is 2. The van der Waals surface area contributed by atoms with Gasteiger partial charge in [-0.3, -0.25) is 0 Å². The predicted octanol–water partition coefficient (Wildman–Crippen LogP) is 2.04. The van der Waals surface area contributed by atoms with Crippen LogP contribution < -0.4 is 20.1 Å². The summed E-state index contributed by atoms with van der Waals surface area (Å²) in [6, 6.07) is 6.16. The third-order valence-corrected chi connectivity index (χ3v) is 4.22. The molecule has 2 heterocycles. The second-order valence-electron chi connectivity index (χ2n) is 5.61. The van der Waals surface area contributed by atoms with E-state index in [1.165, 1.54) is 0 Å². The van der Waals surface area contributed by atoms with Crippen LogP contribution >= 0.6 is 0 Å². The smallest absolute Gasteiger partial charge is 0.161 e. The monoisotopic (exact) mass is 287 g/mol. The maximum Gasteiger partial charge on any atom is 0.161 e. The molecule has 1 aliphatic heterocycles. The Hall–Kier alpha value is -2.01. The zero-order chi connectivity index (χ0) is 15.0. The highest BCUT2D eigenvalue weighted by Gasteiger charge is 2.28. The third kappa shape index (κ3) is 2.38. The Morgan fingerprint density at radius 3 is 2.52 bits per heavy atom. The summed E-state index contributed by atoms with van der Waals surface area (Å²) in [5.74, 6) is 2.89. The first-order valence-electron chi connectivity index (χ1n) is 7.15. The third-order valence-electron chi connectivity index (χ3n) is 4.22. The van der Waals surface area contributed by atoms with Gasteiger partial charge in [0.2, 0.25) is 0 Å². The van der Waals surface area contributed by atoms with Crippen molar-refractivity contribution < 1.29 is 9.47 Å². The molecule has 2 atom stereocenters. The minimum Gasteiger partial charge on any atom is -0.493 e. The Morgan fingerprint density at radius 2 is 1.90 bits per heavy atom. The van der Waals surface area contributed by atoms with Gasteiger partial charge in [0.15, 0.2) is 11.5 Å². The molecule has 0 saturated carbocycles. The Labute approximate surface area is 124 Å². The van der Waals surface area contributed by atoms with Crippen molar-refractivity contribution in [2.45, 2.75) is 13.0 Å². The average molecular weight is 287 g/mol. The molecule has 1 aromatic carbocycles. The molecular formula is C16H21N3O2. The lowest BCUT2D eigenvalue weighted by Gasteiger charge is -2.20. The molecule has 2 aromatic rings. The second kappa shape index (κ2) is 5.41. The minimum absolute atomic E-state index is 0.196. The van der Waals surface area contributed by atoms with Gasteiger partial charge in [0, 0.05) is 30.7 Å². The van der Waals surface area contributed by atoms with Crippen LogP contribution in [0.15, 0.2) is 24.4 Å². The summed E-state index contributed by atoms with van der Waals surface area (Å²) in [6.07, 6.45) is 1.83. The number of fused-ring (bicyclic) bond motifs is 1. The molecule has 1 saturated heterocycles.